The van der Waals surface area contributed by atoms with Gasteiger partial charge >= 0.3 is 0 Å². The summed E-state index contributed by atoms with van der Waals surface area (Å²) in [5, 5.41) is 8.75. The first-order valence-corrected chi connectivity index (χ1v) is 8.83. The number of amides is 1. The lowest BCUT2D eigenvalue weighted by molar-refractivity contribution is 0.0994. The maximum atomic E-state index is 13.7. The second kappa shape index (κ2) is 7.26. The lowest BCUT2D eigenvalue weighted by Gasteiger charge is -2.17. The van der Waals surface area contributed by atoms with Gasteiger partial charge in [-0.3, -0.25) is 14.6 Å². The van der Waals surface area contributed by atoms with E-state index in [4.69, 9.17) is 16.9 Å². The Morgan fingerprint density at radius 3 is 2.46 bits per heavy atom. The third kappa shape index (κ3) is 3.38. The molecule has 0 saturated heterocycles. The summed E-state index contributed by atoms with van der Waals surface area (Å²) in [7, 11) is 0. The third-order valence-corrected chi connectivity index (χ3v) is 4.65. The van der Waals surface area contributed by atoms with Crippen molar-refractivity contribution < 1.29 is 9.18 Å². The SMILES string of the molecule is Cc1cc(C(=N)/C(=C(\N)C(C)C)c2ccc3ncc(C(N)=O)n3c2)ccc1F. The molecule has 0 aliphatic rings. The summed E-state index contributed by atoms with van der Waals surface area (Å²) in [5.41, 5.74) is 15.5. The largest absolute Gasteiger partial charge is 0.401 e. The molecular weight excluding hydrogens is 357 g/mol. The molecule has 0 fully saturated rings. The summed E-state index contributed by atoms with van der Waals surface area (Å²) in [6.07, 6.45) is 3.10. The molecule has 7 heteroatoms. The highest BCUT2D eigenvalue weighted by atomic mass is 19.1. The molecule has 1 amide bonds. The van der Waals surface area contributed by atoms with Crippen molar-refractivity contribution in [3.63, 3.8) is 0 Å². The number of carbonyl (C=O) groups is 1. The van der Waals surface area contributed by atoms with Crippen LogP contribution in [0.4, 0.5) is 4.39 Å². The number of hydrogen-bond donors (Lipinski definition) is 3. The lowest BCUT2D eigenvalue weighted by atomic mass is 9.91. The average molecular weight is 379 g/mol. The van der Waals surface area contributed by atoms with Crippen LogP contribution >= 0.6 is 0 Å². The number of carbonyl (C=O) groups excluding carboxylic acids is 1. The Morgan fingerprint density at radius 1 is 1.18 bits per heavy atom. The average Bonchev–Trinajstić information content (AvgIpc) is 3.07. The number of nitrogens with zero attached hydrogens (tertiary/aromatic N) is 2. The third-order valence-electron chi connectivity index (χ3n) is 4.65. The van der Waals surface area contributed by atoms with Crippen LogP contribution in [0.15, 0.2) is 48.4 Å². The van der Waals surface area contributed by atoms with Crippen molar-refractivity contribution in [2.24, 2.45) is 17.4 Å². The van der Waals surface area contributed by atoms with Crippen LogP contribution in [-0.2, 0) is 0 Å². The molecule has 6 nitrogen and oxygen atoms in total. The van der Waals surface area contributed by atoms with Gasteiger partial charge in [-0.2, -0.15) is 0 Å². The fraction of sp³-hybridized carbons (Fsp3) is 0.190. The molecule has 144 valence electrons. The topological polar surface area (TPSA) is 110 Å². The van der Waals surface area contributed by atoms with Crippen LogP contribution in [0.25, 0.3) is 11.2 Å². The zero-order valence-corrected chi connectivity index (χ0v) is 16.0. The molecule has 5 N–H and O–H groups in total. The number of nitrogens with two attached hydrogens (primary N) is 2. The van der Waals surface area contributed by atoms with E-state index in [-0.39, 0.29) is 23.1 Å². The molecule has 0 spiro atoms. The van der Waals surface area contributed by atoms with E-state index in [1.807, 2.05) is 13.8 Å². The van der Waals surface area contributed by atoms with Crippen LogP contribution in [0.1, 0.15) is 41.0 Å². The molecule has 3 aromatic rings. The van der Waals surface area contributed by atoms with Crippen LogP contribution < -0.4 is 11.5 Å². The molecular formula is C21H22FN5O. The van der Waals surface area contributed by atoms with Crippen molar-refractivity contribution in [2.45, 2.75) is 20.8 Å². The van der Waals surface area contributed by atoms with E-state index in [1.165, 1.54) is 12.3 Å². The van der Waals surface area contributed by atoms with Crippen molar-refractivity contribution in [1.29, 1.82) is 5.41 Å². The Bertz CT molecular complexity index is 1130. The summed E-state index contributed by atoms with van der Waals surface area (Å²) >= 11 is 0. The van der Waals surface area contributed by atoms with Crippen LogP contribution in [0.5, 0.6) is 0 Å². The van der Waals surface area contributed by atoms with Gasteiger partial charge in [-0.25, -0.2) is 9.37 Å². The van der Waals surface area contributed by atoms with Gasteiger partial charge in [-0.05, 0) is 48.7 Å². The minimum atomic E-state index is -0.601. The number of halogens is 1. The molecule has 0 radical (unpaired) electrons. The van der Waals surface area contributed by atoms with Gasteiger partial charge in [-0.15, -0.1) is 0 Å². The van der Waals surface area contributed by atoms with E-state index in [0.717, 1.165) is 0 Å². The van der Waals surface area contributed by atoms with Gasteiger partial charge in [0.15, 0.2) is 0 Å². The number of benzene rings is 1. The second-order valence-electron chi connectivity index (χ2n) is 6.98. The van der Waals surface area contributed by atoms with Crippen molar-refractivity contribution in [3.05, 3.63) is 76.6 Å². The van der Waals surface area contributed by atoms with Gasteiger partial charge in [0.2, 0.25) is 0 Å². The van der Waals surface area contributed by atoms with Gasteiger partial charge in [0, 0.05) is 28.6 Å². The number of nitrogens with one attached hydrogen (secondary N) is 1. The van der Waals surface area contributed by atoms with Crippen molar-refractivity contribution in [3.8, 4) is 0 Å². The predicted octanol–water partition coefficient (Wildman–Crippen LogP) is 3.27. The molecule has 0 aliphatic carbocycles. The fourth-order valence-corrected chi connectivity index (χ4v) is 3.00. The van der Waals surface area contributed by atoms with Gasteiger partial charge in [0.05, 0.1) is 11.9 Å². The normalized spacial score (nSPS) is 12.3. The van der Waals surface area contributed by atoms with Crippen LogP contribution in [-0.4, -0.2) is 21.0 Å². The Labute approximate surface area is 162 Å². The molecule has 0 unspecified atom stereocenters. The number of aromatic nitrogens is 2. The molecule has 28 heavy (non-hydrogen) atoms. The zero-order chi connectivity index (χ0) is 20.6. The Balaban J connectivity index is 2.21. The van der Waals surface area contributed by atoms with Crippen molar-refractivity contribution in [1.82, 2.24) is 9.38 Å². The van der Waals surface area contributed by atoms with Crippen LogP contribution in [0.2, 0.25) is 0 Å². The van der Waals surface area contributed by atoms with Gasteiger partial charge in [-0.1, -0.05) is 13.8 Å². The number of pyridine rings is 1. The molecule has 2 aromatic heterocycles. The predicted molar refractivity (Wildman–Crippen MR) is 108 cm³/mol. The monoisotopic (exact) mass is 379 g/mol. The Hall–Kier alpha value is -3.48. The molecule has 0 bridgehead atoms. The summed E-state index contributed by atoms with van der Waals surface area (Å²) in [6, 6.07) is 8.05. The highest BCUT2D eigenvalue weighted by Crippen LogP contribution is 2.26. The first-order chi connectivity index (χ1) is 13.2. The Kier molecular flexibility index (Phi) is 5.00. The Morgan fingerprint density at radius 2 is 1.86 bits per heavy atom. The molecule has 1 aromatic carbocycles. The van der Waals surface area contributed by atoms with E-state index in [9.17, 15) is 9.18 Å². The molecule has 0 saturated carbocycles. The van der Waals surface area contributed by atoms with Crippen LogP contribution in [0, 0.1) is 24.1 Å². The number of aryl methyl sites for hydroxylation is 1. The van der Waals surface area contributed by atoms with Gasteiger partial charge < -0.3 is 11.5 Å². The van der Waals surface area contributed by atoms with Crippen molar-refractivity contribution in [2.75, 3.05) is 0 Å². The number of primary amides is 1. The number of hydrogen-bond acceptors (Lipinski definition) is 4. The van der Waals surface area contributed by atoms with E-state index < -0.39 is 5.91 Å². The quantitative estimate of drug-likeness (QED) is 0.592. The summed E-state index contributed by atoms with van der Waals surface area (Å²) in [5.74, 6) is -0.952. The first kappa shape index (κ1) is 19.3. The maximum Gasteiger partial charge on any atom is 0.267 e. The fourth-order valence-electron chi connectivity index (χ4n) is 3.00. The molecule has 2 heterocycles. The molecule has 0 aliphatic heterocycles. The first-order valence-electron chi connectivity index (χ1n) is 8.83. The number of imidazole rings is 1. The zero-order valence-electron chi connectivity index (χ0n) is 16.0. The summed E-state index contributed by atoms with van der Waals surface area (Å²) in [4.78, 5) is 15.8. The lowest BCUT2D eigenvalue weighted by Crippen LogP contribution is -2.17. The van der Waals surface area contributed by atoms with E-state index >= 15 is 0 Å². The highest BCUT2D eigenvalue weighted by Gasteiger charge is 2.19. The summed E-state index contributed by atoms with van der Waals surface area (Å²) < 4.78 is 15.2. The highest BCUT2D eigenvalue weighted by molar-refractivity contribution is 6.31. The smallest absolute Gasteiger partial charge is 0.267 e. The standard InChI is InChI=1S/C21H22FN5O/c1-11(2)19(23)18(20(24)13-4-6-15(22)12(3)8-13)14-5-7-17-26-9-16(21(25)28)27(17)10-14/h4-11,24H,23H2,1-3H3,(H2,25,28)/b19-18-,24-20?. The van der Waals surface area contributed by atoms with Gasteiger partial charge in [0.25, 0.3) is 5.91 Å². The van der Waals surface area contributed by atoms with E-state index in [2.05, 4.69) is 4.98 Å². The number of allylic oxidation sites excluding steroid dienone is 2. The second-order valence-corrected chi connectivity index (χ2v) is 6.98. The minimum Gasteiger partial charge on any atom is -0.401 e. The van der Waals surface area contributed by atoms with Crippen LogP contribution in [0.3, 0.4) is 0 Å². The maximum absolute atomic E-state index is 13.7. The number of rotatable bonds is 5. The van der Waals surface area contributed by atoms with E-state index in [0.29, 0.717) is 33.6 Å². The number of fused-ring (bicyclic) bond motifs is 1. The van der Waals surface area contributed by atoms with Crippen molar-refractivity contribution >= 4 is 22.8 Å². The van der Waals surface area contributed by atoms with Gasteiger partial charge in [0.1, 0.15) is 17.2 Å². The van der Waals surface area contributed by atoms with E-state index in [1.54, 1.807) is 41.8 Å². The molecule has 3 rings (SSSR count). The summed E-state index contributed by atoms with van der Waals surface area (Å²) in [6.45, 7) is 5.52. The minimum absolute atomic E-state index is 0.0222. The molecule has 0 atom stereocenters.